The van der Waals surface area contributed by atoms with Gasteiger partial charge in [0.15, 0.2) is 0 Å². The van der Waals surface area contributed by atoms with Crippen molar-refractivity contribution in [1.29, 1.82) is 0 Å². The predicted octanol–water partition coefficient (Wildman–Crippen LogP) is 7.04. The number of unbranched alkanes of at least 4 members (excludes halogenated alkanes) is 10. The average Bonchev–Trinajstić information content (AvgIpc) is 3.04. The summed E-state index contributed by atoms with van der Waals surface area (Å²) in [5.74, 6) is 15.6. The highest BCUT2D eigenvalue weighted by Gasteiger charge is 2.26. The Balaban J connectivity index is 1.26. The first-order valence-electron chi connectivity index (χ1n) is 18.9. The van der Waals surface area contributed by atoms with Crippen LogP contribution in [0.4, 0.5) is 0 Å². The second-order valence-electron chi connectivity index (χ2n) is 14.3. The third kappa shape index (κ3) is 16.8. The molecule has 2 saturated carbocycles. The monoisotopic (exact) mass is 679 g/mol. The van der Waals surface area contributed by atoms with Gasteiger partial charge >= 0.3 is 0 Å². The summed E-state index contributed by atoms with van der Waals surface area (Å²) in [7, 11) is -6.37. The van der Waals surface area contributed by atoms with E-state index in [2.05, 4.69) is 52.3 Å². The highest BCUT2D eigenvalue weighted by atomic mass is 32.2. The number of nitrogens with one attached hydrogen (secondary N) is 3. The minimum Gasteiger partial charge on any atom is -0.302 e. The minimum atomic E-state index is -3.19. The largest absolute Gasteiger partial charge is 0.302 e. The molecule has 1 aliphatic heterocycles. The molecule has 3 N–H and O–H groups in total. The molecule has 0 aromatic carbocycles. The Morgan fingerprint density at radius 3 is 1.33 bits per heavy atom. The lowest BCUT2D eigenvalue weighted by Gasteiger charge is -2.27. The number of rotatable bonds is 18. The van der Waals surface area contributed by atoms with E-state index in [1.807, 2.05) is 0 Å². The Kier molecular flexibility index (Phi) is 18.6. The molecule has 0 aromatic rings. The molecule has 46 heavy (non-hydrogen) atoms. The molecule has 0 bridgehead atoms. The zero-order valence-electron chi connectivity index (χ0n) is 29.1. The third-order valence-corrected chi connectivity index (χ3v) is 13.1. The Morgan fingerprint density at radius 1 is 0.500 bits per heavy atom. The van der Waals surface area contributed by atoms with Crippen molar-refractivity contribution < 1.29 is 16.8 Å². The lowest BCUT2D eigenvalue weighted by Crippen LogP contribution is -2.39. The molecule has 2 aliphatic carbocycles. The van der Waals surface area contributed by atoms with Gasteiger partial charge in [0.2, 0.25) is 20.0 Å². The molecule has 2 atom stereocenters. The molecule has 9 heteroatoms. The first kappa shape index (κ1) is 39.3. The van der Waals surface area contributed by atoms with Crippen LogP contribution >= 0.6 is 0 Å². The van der Waals surface area contributed by atoms with Crippen LogP contribution < -0.4 is 14.8 Å². The molecule has 3 rings (SSSR count). The van der Waals surface area contributed by atoms with Crippen LogP contribution in [0.1, 0.15) is 155 Å². The van der Waals surface area contributed by atoms with E-state index in [9.17, 15) is 16.8 Å². The van der Waals surface area contributed by atoms with Crippen molar-refractivity contribution in [3.8, 4) is 23.7 Å². The summed E-state index contributed by atoms with van der Waals surface area (Å²) in [5.41, 5.74) is 0. The van der Waals surface area contributed by atoms with E-state index in [-0.39, 0.29) is 29.6 Å². The highest BCUT2D eigenvalue weighted by molar-refractivity contribution is 7.89. The van der Waals surface area contributed by atoms with E-state index in [0.29, 0.717) is 17.8 Å². The molecule has 0 spiro atoms. The van der Waals surface area contributed by atoms with E-state index in [1.54, 1.807) is 0 Å². The molecule has 0 radical (unpaired) electrons. The number of sulfonamides is 2. The lowest BCUT2D eigenvalue weighted by molar-refractivity contribution is 0.360. The minimum absolute atomic E-state index is 0.0598. The summed E-state index contributed by atoms with van der Waals surface area (Å²) in [6, 6.07) is 0.337. The molecule has 0 aromatic heterocycles. The van der Waals surface area contributed by atoms with Crippen LogP contribution in [0.15, 0.2) is 0 Å². The maximum Gasteiger partial charge on any atom is 0.211 e. The van der Waals surface area contributed by atoms with Gasteiger partial charge in [-0.05, 0) is 77.0 Å². The summed E-state index contributed by atoms with van der Waals surface area (Å²) < 4.78 is 55.9. The van der Waals surface area contributed by atoms with Gasteiger partial charge in [-0.2, -0.15) is 0 Å². The topological polar surface area (TPSA) is 104 Å². The standard InChI is InChI=1S/C37H65N3O4S2/c1-3-5-7-9-11-13-29-45(41,42)39-36-25-18-32(19-26-36)15-16-34-22-24-35(38-31-34)23-17-33-20-27-37(28-21-33)40-46(43,44)30-14-12-10-8-6-4-2/h32-40H,3-14,18-22,24-31H2,1-2H3. The second kappa shape index (κ2) is 21.8. The fraction of sp³-hybridized carbons (Fsp3) is 0.892. The van der Waals surface area contributed by atoms with Gasteiger partial charge in [-0.15, -0.1) is 0 Å². The molecular weight excluding hydrogens is 615 g/mol. The molecular formula is C37H65N3O4S2. The van der Waals surface area contributed by atoms with Gasteiger partial charge in [0, 0.05) is 36.4 Å². The van der Waals surface area contributed by atoms with Crippen LogP contribution in [0.2, 0.25) is 0 Å². The Labute approximate surface area is 283 Å². The first-order valence-corrected chi connectivity index (χ1v) is 22.2. The van der Waals surface area contributed by atoms with Gasteiger partial charge in [0.05, 0.1) is 17.5 Å². The summed E-state index contributed by atoms with van der Waals surface area (Å²) >= 11 is 0. The molecule has 1 heterocycles. The first-order chi connectivity index (χ1) is 22.2. The van der Waals surface area contributed by atoms with Crippen molar-refractivity contribution in [3.63, 3.8) is 0 Å². The van der Waals surface area contributed by atoms with Gasteiger partial charge < -0.3 is 5.32 Å². The zero-order chi connectivity index (χ0) is 33.1. The second-order valence-corrected chi connectivity index (χ2v) is 18.1. The van der Waals surface area contributed by atoms with E-state index in [4.69, 9.17) is 0 Å². The van der Waals surface area contributed by atoms with Crippen molar-refractivity contribution >= 4 is 20.0 Å². The van der Waals surface area contributed by atoms with Gasteiger partial charge in [-0.3, -0.25) is 0 Å². The van der Waals surface area contributed by atoms with Crippen molar-refractivity contribution in [2.45, 2.75) is 173 Å². The van der Waals surface area contributed by atoms with E-state index >= 15 is 0 Å². The molecule has 3 fully saturated rings. The fourth-order valence-corrected chi connectivity index (χ4v) is 9.93. The molecule has 1 saturated heterocycles. The number of hydrogen-bond acceptors (Lipinski definition) is 5. The predicted molar refractivity (Wildman–Crippen MR) is 192 cm³/mol. The normalized spacial score (nSPS) is 27.3. The molecule has 7 nitrogen and oxygen atoms in total. The quantitative estimate of drug-likeness (QED) is 0.107. The van der Waals surface area contributed by atoms with Crippen LogP contribution in [0.25, 0.3) is 0 Å². The molecule has 3 aliphatic rings. The Morgan fingerprint density at radius 2 is 0.891 bits per heavy atom. The lowest BCUT2D eigenvalue weighted by atomic mass is 9.85. The van der Waals surface area contributed by atoms with Gasteiger partial charge in [-0.1, -0.05) is 102 Å². The van der Waals surface area contributed by atoms with Crippen LogP contribution in [0.5, 0.6) is 0 Å². The number of piperidine rings is 1. The zero-order valence-corrected chi connectivity index (χ0v) is 30.7. The van der Waals surface area contributed by atoms with Crippen molar-refractivity contribution in [2.24, 2.45) is 17.8 Å². The smallest absolute Gasteiger partial charge is 0.211 e. The maximum absolute atomic E-state index is 12.5. The van der Waals surface area contributed by atoms with E-state index in [1.165, 1.54) is 38.5 Å². The number of hydrogen-bond donors (Lipinski definition) is 3. The molecule has 2 unspecified atom stereocenters. The molecule has 0 amide bonds. The van der Waals surface area contributed by atoms with Crippen LogP contribution in [-0.2, 0) is 20.0 Å². The van der Waals surface area contributed by atoms with Crippen LogP contribution in [0, 0.1) is 41.4 Å². The average molecular weight is 680 g/mol. The third-order valence-electron chi connectivity index (χ3n) is 10.0. The van der Waals surface area contributed by atoms with Crippen molar-refractivity contribution in [2.75, 3.05) is 18.1 Å². The van der Waals surface area contributed by atoms with Crippen molar-refractivity contribution in [3.05, 3.63) is 0 Å². The summed E-state index contributed by atoms with van der Waals surface area (Å²) in [4.78, 5) is 0. The maximum atomic E-state index is 12.5. The summed E-state index contributed by atoms with van der Waals surface area (Å²) in [5, 5.41) is 3.59. The van der Waals surface area contributed by atoms with Crippen molar-refractivity contribution in [1.82, 2.24) is 14.8 Å². The van der Waals surface area contributed by atoms with E-state index < -0.39 is 20.0 Å². The SMILES string of the molecule is CCCCCCCCS(=O)(=O)NC1CCC(C#CC2CCC(C#CC3CCC(NS(=O)(=O)CCCCCCCC)CC3)NC2)CC1. The van der Waals surface area contributed by atoms with Gasteiger partial charge in [-0.25, -0.2) is 26.3 Å². The van der Waals surface area contributed by atoms with Crippen LogP contribution in [0.3, 0.4) is 0 Å². The van der Waals surface area contributed by atoms with E-state index in [0.717, 1.165) is 109 Å². The Hall–Kier alpha value is -1.10. The van der Waals surface area contributed by atoms with Gasteiger partial charge in [0.1, 0.15) is 0 Å². The Bertz CT molecular complexity index is 1080. The van der Waals surface area contributed by atoms with Crippen LogP contribution in [-0.4, -0.2) is 53.0 Å². The summed E-state index contributed by atoms with van der Waals surface area (Å²) in [6.07, 6.45) is 22.5. The molecule has 264 valence electrons. The highest BCUT2D eigenvalue weighted by Crippen LogP contribution is 2.26. The summed E-state index contributed by atoms with van der Waals surface area (Å²) in [6.45, 7) is 5.25. The van der Waals surface area contributed by atoms with Gasteiger partial charge in [0.25, 0.3) is 0 Å². The fourth-order valence-electron chi connectivity index (χ4n) is 7.04.